The van der Waals surface area contributed by atoms with Crippen LogP contribution in [0.1, 0.15) is 39.5 Å². The zero-order chi connectivity index (χ0) is 11.3. The number of aliphatic hydroxyl groups is 1. The van der Waals surface area contributed by atoms with Gasteiger partial charge in [0.2, 0.25) is 5.91 Å². The van der Waals surface area contributed by atoms with Gasteiger partial charge in [0, 0.05) is 6.54 Å². The molecule has 1 heterocycles. The van der Waals surface area contributed by atoms with Crippen LogP contribution in [0.4, 0.5) is 0 Å². The van der Waals surface area contributed by atoms with E-state index in [0.29, 0.717) is 13.0 Å². The third-order valence-corrected chi connectivity index (χ3v) is 3.25. The largest absolute Gasteiger partial charge is 0.391 e. The van der Waals surface area contributed by atoms with Crippen LogP contribution in [0, 0.1) is 0 Å². The molecule has 0 radical (unpaired) electrons. The van der Waals surface area contributed by atoms with Crippen LogP contribution in [0.3, 0.4) is 0 Å². The Bertz CT molecular complexity index is 213. The van der Waals surface area contributed by atoms with E-state index < -0.39 is 6.10 Å². The quantitative estimate of drug-likeness (QED) is 0.621. The molecule has 3 N–H and O–H groups in total. The Kier molecular flexibility index (Phi) is 4.54. The summed E-state index contributed by atoms with van der Waals surface area (Å²) in [6, 6.07) is 0. The second-order valence-corrected chi connectivity index (χ2v) is 4.24. The molecule has 1 rings (SSSR count). The van der Waals surface area contributed by atoms with Gasteiger partial charge in [0.05, 0.1) is 11.6 Å². The number of carbonyl (C=O) groups excluding carboxylic acids is 1. The van der Waals surface area contributed by atoms with Crippen molar-refractivity contribution < 1.29 is 9.90 Å². The number of aliphatic hydroxyl groups excluding tert-OH is 1. The average molecular weight is 214 g/mol. The summed E-state index contributed by atoms with van der Waals surface area (Å²) in [6.07, 6.45) is 3.01. The summed E-state index contributed by atoms with van der Waals surface area (Å²) in [4.78, 5) is 11.9. The highest BCUT2D eigenvalue weighted by Gasteiger charge is 2.38. The molecule has 2 atom stereocenters. The van der Waals surface area contributed by atoms with Crippen LogP contribution >= 0.6 is 0 Å². The molecule has 4 nitrogen and oxygen atoms in total. The summed E-state index contributed by atoms with van der Waals surface area (Å²) in [7, 11) is 0. The maximum atomic E-state index is 11.9. The fourth-order valence-electron chi connectivity index (χ4n) is 1.99. The fraction of sp³-hybridized carbons (Fsp3) is 0.909. The van der Waals surface area contributed by atoms with Crippen LogP contribution in [0.15, 0.2) is 0 Å². The molecule has 1 aliphatic rings. The van der Waals surface area contributed by atoms with Gasteiger partial charge in [0.1, 0.15) is 0 Å². The zero-order valence-corrected chi connectivity index (χ0v) is 9.68. The number of hydrogen-bond donors (Lipinski definition) is 3. The summed E-state index contributed by atoms with van der Waals surface area (Å²) >= 11 is 0. The van der Waals surface area contributed by atoms with E-state index in [1.165, 1.54) is 0 Å². The number of rotatable bonds is 5. The Morgan fingerprint density at radius 1 is 1.60 bits per heavy atom. The van der Waals surface area contributed by atoms with Crippen molar-refractivity contribution in [2.45, 2.75) is 51.2 Å². The molecule has 0 bridgehead atoms. The second-order valence-electron chi connectivity index (χ2n) is 4.24. The summed E-state index contributed by atoms with van der Waals surface area (Å²) in [5.41, 5.74) is -0.381. The van der Waals surface area contributed by atoms with Gasteiger partial charge in [-0.15, -0.1) is 0 Å². The van der Waals surface area contributed by atoms with Gasteiger partial charge in [-0.1, -0.05) is 13.8 Å². The zero-order valence-electron chi connectivity index (χ0n) is 9.68. The van der Waals surface area contributed by atoms with Crippen LogP contribution in [0.5, 0.6) is 0 Å². The second kappa shape index (κ2) is 5.47. The fourth-order valence-corrected chi connectivity index (χ4v) is 1.99. The van der Waals surface area contributed by atoms with Crippen molar-refractivity contribution in [3.05, 3.63) is 0 Å². The molecular weight excluding hydrogens is 192 g/mol. The molecule has 1 saturated heterocycles. The maximum absolute atomic E-state index is 11.9. The predicted molar refractivity (Wildman–Crippen MR) is 59.6 cm³/mol. The van der Waals surface area contributed by atoms with Crippen LogP contribution in [-0.2, 0) is 4.79 Å². The molecule has 1 amide bonds. The third kappa shape index (κ3) is 2.92. The molecule has 1 fully saturated rings. The first-order valence-electron chi connectivity index (χ1n) is 5.86. The molecular formula is C11H22N2O2. The van der Waals surface area contributed by atoms with Gasteiger partial charge in [0.25, 0.3) is 0 Å². The average Bonchev–Trinajstić information content (AvgIpc) is 2.75. The molecule has 0 aromatic heterocycles. The van der Waals surface area contributed by atoms with Crippen molar-refractivity contribution in [2.75, 3.05) is 13.1 Å². The first kappa shape index (κ1) is 12.5. The monoisotopic (exact) mass is 214 g/mol. The highest BCUT2D eigenvalue weighted by molar-refractivity contribution is 5.86. The Hall–Kier alpha value is -0.610. The predicted octanol–water partition coefficient (Wildman–Crippen LogP) is 0.406. The highest BCUT2D eigenvalue weighted by Crippen LogP contribution is 2.22. The lowest BCUT2D eigenvalue weighted by Gasteiger charge is -2.27. The Morgan fingerprint density at radius 3 is 2.80 bits per heavy atom. The lowest BCUT2D eigenvalue weighted by atomic mass is 9.93. The summed E-state index contributed by atoms with van der Waals surface area (Å²) in [5.74, 6) is 0.0370. The van der Waals surface area contributed by atoms with E-state index in [0.717, 1.165) is 25.8 Å². The molecule has 0 aromatic rings. The number of carbonyl (C=O) groups is 1. The molecule has 0 saturated carbocycles. The molecule has 0 aliphatic carbocycles. The van der Waals surface area contributed by atoms with Crippen molar-refractivity contribution in [1.29, 1.82) is 0 Å². The van der Waals surface area contributed by atoms with Crippen molar-refractivity contribution in [2.24, 2.45) is 0 Å². The number of nitrogens with one attached hydrogen (secondary N) is 2. The van der Waals surface area contributed by atoms with Crippen molar-refractivity contribution in [3.63, 3.8) is 0 Å². The first-order valence-corrected chi connectivity index (χ1v) is 5.86. The molecule has 0 spiro atoms. The SMILES string of the molecule is CCC(O)CNC(=O)C1(CC)CCCN1. The van der Waals surface area contributed by atoms with Gasteiger partial charge < -0.3 is 15.7 Å². The third-order valence-electron chi connectivity index (χ3n) is 3.25. The summed E-state index contributed by atoms with van der Waals surface area (Å²) < 4.78 is 0. The minimum atomic E-state index is -0.427. The van der Waals surface area contributed by atoms with Gasteiger partial charge in [-0.2, -0.15) is 0 Å². The van der Waals surface area contributed by atoms with E-state index in [1.807, 2.05) is 13.8 Å². The summed E-state index contributed by atoms with van der Waals surface area (Å²) in [5, 5.41) is 15.5. The van der Waals surface area contributed by atoms with E-state index in [4.69, 9.17) is 0 Å². The molecule has 2 unspecified atom stereocenters. The van der Waals surface area contributed by atoms with Gasteiger partial charge in [-0.05, 0) is 32.2 Å². The van der Waals surface area contributed by atoms with Crippen molar-refractivity contribution >= 4 is 5.91 Å². The topological polar surface area (TPSA) is 61.4 Å². The van der Waals surface area contributed by atoms with E-state index in [2.05, 4.69) is 10.6 Å². The molecule has 15 heavy (non-hydrogen) atoms. The van der Waals surface area contributed by atoms with Gasteiger partial charge in [-0.3, -0.25) is 4.79 Å². The number of hydrogen-bond acceptors (Lipinski definition) is 3. The van der Waals surface area contributed by atoms with Crippen LogP contribution in [0.25, 0.3) is 0 Å². The number of amides is 1. The standard InChI is InChI=1S/C11H22N2O2/c1-3-9(14)8-12-10(15)11(4-2)6-5-7-13-11/h9,13-14H,3-8H2,1-2H3,(H,12,15). The molecule has 1 aliphatic heterocycles. The van der Waals surface area contributed by atoms with Gasteiger partial charge in [0.15, 0.2) is 0 Å². The molecule has 0 aromatic carbocycles. The molecule has 4 heteroatoms. The van der Waals surface area contributed by atoms with Gasteiger partial charge >= 0.3 is 0 Å². The van der Waals surface area contributed by atoms with Crippen molar-refractivity contribution in [1.82, 2.24) is 10.6 Å². The van der Waals surface area contributed by atoms with E-state index in [-0.39, 0.29) is 11.4 Å². The Labute approximate surface area is 91.4 Å². The smallest absolute Gasteiger partial charge is 0.240 e. The molecule has 88 valence electrons. The van der Waals surface area contributed by atoms with Crippen molar-refractivity contribution in [3.8, 4) is 0 Å². The lowest BCUT2D eigenvalue weighted by molar-refractivity contribution is -0.127. The van der Waals surface area contributed by atoms with Crippen LogP contribution in [-0.4, -0.2) is 35.7 Å². The van der Waals surface area contributed by atoms with E-state index in [9.17, 15) is 9.90 Å². The lowest BCUT2D eigenvalue weighted by Crippen LogP contribution is -2.54. The van der Waals surface area contributed by atoms with Crippen LogP contribution < -0.4 is 10.6 Å². The maximum Gasteiger partial charge on any atom is 0.240 e. The van der Waals surface area contributed by atoms with Crippen LogP contribution in [0.2, 0.25) is 0 Å². The minimum absolute atomic E-state index is 0.0370. The highest BCUT2D eigenvalue weighted by atomic mass is 16.3. The van der Waals surface area contributed by atoms with E-state index >= 15 is 0 Å². The van der Waals surface area contributed by atoms with Gasteiger partial charge in [-0.25, -0.2) is 0 Å². The Balaban J connectivity index is 2.44. The van der Waals surface area contributed by atoms with E-state index in [1.54, 1.807) is 0 Å². The summed E-state index contributed by atoms with van der Waals surface area (Å²) in [6.45, 7) is 5.20. The Morgan fingerprint density at radius 2 is 2.33 bits per heavy atom. The normalized spacial score (nSPS) is 27.7. The minimum Gasteiger partial charge on any atom is -0.391 e. The first-order chi connectivity index (χ1) is 7.14.